The standard InChI is InChI=1S/C9H17NOS/c11-9-3-1-2-8(9)10-4-6-12-7-5-10/h8-9,11H,1-7H2/t8-,9-/m0/s1. The summed E-state index contributed by atoms with van der Waals surface area (Å²) in [7, 11) is 0. The molecule has 3 heteroatoms. The molecule has 0 radical (unpaired) electrons. The fourth-order valence-corrected chi connectivity index (χ4v) is 3.19. The van der Waals surface area contributed by atoms with Crippen molar-refractivity contribution < 1.29 is 5.11 Å². The minimum Gasteiger partial charge on any atom is -0.391 e. The summed E-state index contributed by atoms with van der Waals surface area (Å²) < 4.78 is 0. The molecule has 0 aromatic carbocycles. The Morgan fingerprint density at radius 1 is 1.17 bits per heavy atom. The zero-order chi connectivity index (χ0) is 8.39. The summed E-state index contributed by atoms with van der Waals surface area (Å²) in [5.41, 5.74) is 0. The number of thioether (sulfide) groups is 1. The highest BCUT2D eigenvalue weighted by Crippen LogP contribution is 2.26. The molecular weight excluding hydrogens is 170 g/mol. The Bertz CT molecular complexity index is 147. The van der Waals surface area contributed by atoms with Crippen molar-refractivity contribution in [3.63, 3.8) is 0 Å². The van der Waals surface area contributed by atoms with Crippen LogP contribution in [0.4, 0.5) is 0 Å². The minimum absolute atomic E-state index is 0.0342. The number of rotatable bonds is 1. The Labute approximate surface area is 78.3 Å². The molecule has 0 aromatic rings. The second-order valence-electron chi connectivity index (χ2n) is 3.71. The molecule has 1 aliphatic carbocycles. The second-order valence-corrected chi connectivity index (χ2v) is 4.94. The lowest BCUT2D eigenvalue weighted by atomic mass is 10.2. The Kier molecular flexibility index (Phi) is 2.94. The lowest BCUT2D eigenvalue weighted by Crippen LogP contribution is -2.44. The van der Waals surface area contributed by atoms with Gasteiger partial charge in [0.05, 0.1) is 6.10 Å². The van der Waals surface area contributed by atoms with Crippen molar-refractivity contribution in [2.75, 3.05) is 24.6 Å². The molecule has 1 saturated carbocycles. The van der Waals surface area contributed by atoms with Crippen LogP contribution in [0.3, 0.4) is 0 Å². The molecule has 0 unspecified atom stereocenters. The van der Waals surface area contributed by atoms with E-state index in [1.165, 1.54) is 37.4 Å². The minimum atomic E-state index is -0.0342. The van der Waals surface area contributed by atoms with Crippen molar-refractivity contribution in [1.82, 2.24) is 4.90 Å². The van der Waals surface area contributed by atoms with Crippen molar-refractivity contribution >= 4 is 11.8 Å². The molecule has 1 saturated heterocycles. The summed E-state index contributed by atoms with van der Waals surface area (Å²) in [5, 5.41) is 9.69. The van der Waals surface area contributed by atoms with Crippen LogP contribution in [0.2, 0.25) is 0 Å². The van der Waals surface area contributed by atoms with Crippen LogP contribution >= 0.6 is 11.8 Å². The molecule has 2 rings (SSSR count). The molecular formula is C9H17NOS. The van der Waals surface area contributed by atoms with Gasteiger partial charge in [0.2, 0.25) is 0 Å². The van der Waals surface area contributed by atoms with E-state index in [9.17, 15) is 5.11 Å². The van der Waals surface area contributed by atoms with Gasteiger partial charge in [0.1, 0.15) is 0 Å². The van der Waals surface area contributed by atoms with Gasteiger partial charge in [-0.15, -0.1) is 0 Å². The van der Waals surface area contributed by atoms with Gasteiger partial charge >= 0.3 is 0 Å². The van der Waals surface area contributed by atoms with Crippen molar-refractivity contribution in [1.29, 1.82) is 0 Å². The summed E-state index contributed by atoms with van der Waals surface area (Å²) in [6.45, 7) is 2.37. The third-order valence-electron chi connectivity index (χ3n) is 2.96. The number of aliphatic hydroxyl groups excluding tert-OH is 1. The third-order valence-corrected chi connectivity index (χ3v) is 3.90. The molecule has 2 aliphatic rings. The normalized spacial score (nSPS) is 38.8. The SMILES string of the molecule is O[C@H]1CCC[C@@H]1N1CCSCC1. The van der Waals surface area contributed by atoms with E-state index in [1.54, 1.807) is 0 Å². The molecule has 1 N–H and O–H groups in total. The molecule has 2 nitrogen and oxygen atoms in total. The second kappa shape index (κ2) is 3.99. The summed E-state index contributed by atoms with van der Waals surface area (Å²) in [6.07, 6.45) is 3.42. The molecule has 2 atom stereocenters. The van der Waals surface area contributed by atoms with Crippen molar-refractivity contribution in [3.05, 3.63) is 0 Å². The fourth-order valence-electron chi connectivity index (χ4n) is 2.26. The molecule has 1 aliphatic heterocycles. The van der Waals surface area contributed by atoms with E-state index >= 15 is 0 Å². The zero-order valence-corrected chi connectivity index (χ0v) is 8.22. The topological polar surface area (TPSA) is 23.5 Å². The maximum atomic E-state index is 9.69. The van der Waals surface area contributed by atoms with E-state index in [0.717, 1.165) is 6.42 Å². The van der Waals surface area contributed by atoms with Crippen LogP contribution < -0.4 is 0 Å². The van der Waals surface area contributed by atoms with E-state index in [0.29, 0.717) is 6.04 Å². The van der Waals surface area contributed by atoms with Crippen LogP contribution in [0.1, 0.15) is 19.3 Å². The molecule has 0 spiro atoms. The average Bonchev–Trinajstić information content (AvgIpc) is 2.53. The monoisotopic (exact) mass is 187 g/mol. The lowest BCUT2D eigenvalue weighted by molar-refractivity contribution is 0.0769. The highest BCUT2D eigenvalue weighted by molar-refractivity contribution is 7.99. The lowest BCUT2D eigenvalue weighted by Gasteiger charge is -2.33. The van der Waals surface area contributed by atoms with Gasteiger partial charge in [-0.2, -0.15) is 11.8 Å². The summed E-state index contributed by atoms with van der Waals surface area (Å²) in [6, 6.07) is 0.492. The van der Waals surface area contributed by atoms with E-state index in [1.807, 2.05) is 11.8 Å². The average molecular weight is 187 g/mol. The van der Waals surface area contributed by atoms with Gasteiger partial charge in [-0.25, -0.2) is 0 Å². The van der Waals surface area contributed by atoms with Crippen LogP contribution in [-0.4, -0.2) is 46.7 Å². The Morgan fingerprint density at radius 2 is 1.92 bits per heavy atom. The van der Waals surface area contributed by atoms with Gasteiger partial charge in [0, 0.05) is 30.6 Å². The first-order valence-electron chi connectivity index (χ1n) is 4.88. The number of hydrogen-bond donors (Lipinski definition) is 1. The predicted octanol–water partition coefficient (Wildman–Crippen LogP) is 0.949. The summed E-state index contributed by atoms with van der Waals surface area (Å²) in [4.78, 5) is 2.48. The first kappa shape index (κ1) is 8.85. The molecule has 0 bridgehead atoms. The first-order valence-corrected chi connectivity index (χ1v) is 6.03. The first-order chi connectivity index (χ1) is 5.88. The van der Waals surface area contributed by atoms with Crippen LogP contribution in [0.25, 0.3) is 0 Å². The van der Waals surface area contributed by atoms with Crippen molar-refractivity contribution in [3.8, 4) is 0 Å². The largest absolute Gasteiger partial charge is 0.391 e. The Morgan fingerprint density at radius 3 is 2.50 bits per heavy atom. The zero-order valence-electron chi connectivity index (χ0n) is 7.41. The molecule has 0 amide bonds. The Hall–Kier alpha value is 0.270. The van der Waals surface area contributed by atoms with Crippen molar-refractivity contribution in [2.45, 2.75) is 31.4 Å². The predicted molar refractivity (Wildman–Crippen MR) is 52.5 cm³/mol. The maximum absolute atomic E-state index is 9.69. The van der Waals surface area contributed by atoms with E-state index in [2.05, 4.69) is 4.90 Å². The van der Waals surface area contributed by atoms with Gasteiger partial charge in [-0.05, 0) is 19.3 Å². The number of aliphatic hydroxyl groups is 1. The van der Waals surface area contributed by atoms with Gasteiger partial charge in [0.15, 0.2) is 0 Å². The van der Waals surface area contributed by atoms with Crippen LogP contribution in [0.15, 0.2) is 0 Å². The number of hydrogen-bond acceptors (Lipinski definition) is 3. The van der Waals surface area contributed by atoms with E-state index < -0.39 is 0 Å². The Balaban J connectivity index is 1.89. The quantitative estimate of drug-likeness (QED) is 0.661. The molecule has 12 heavy (non-hydrogen) atoms. The summed E-state index contributed by atoms with van der Waals surface area (Å²) in [5.74, 6) is 2.51. The van der Waals surface area contributed by atoms with Crippen molar-refractivity contribution in [2.24, 2.45) is 0 Å². The van der Waals surface area contributed by atoms with Gasteiger partial charge in [-0.3, -0.25) is 4.90 Å². The molecule has 0 aromatic heterocycles. The van der Waals surface area contributed by atoms with Crippen LogP contribution in [0, 0.1) is 0 Å². The van der Waals surface area contributed by atoms with Gasteiger partial charge < -0.3 is 5.11 Å². The number of nitrogens with zero attached hydrogens (tertiary/aromatic N) is 1. The highest BCUT2D eigenvalue weighted by Gasteiger charge is 2.30. The maximum Gasteiger partial charge on any atom is 0.0695 e. The van der Waals surface area contributed by atoms with Gasteiger partial charge in [0.25, 0.3) is 0 Å². The van der Waals surface area contributed by atoms with Crippen LogP contribution in [0.5, 0.6) is 0 Å². The molecule has 1 heterocycles. The smallest absolute Gasteiger partial charge is 0.0695 e. The van der Waals surface area contributed by atoms with E-state index in [-0.39, 0.29) is 6.10 Å². The van der Waals surface area contributed by atoms with Crippen LogP contribution in [-0.2, 0) is 0 Å². The third kappa shape index (κ3) is 1.78. The van der Waals surface area contributed by atoms with Gasteiger partial charge in [-0.1, -0.05) is 0 Å². The fraction of sp³-hybridized carbons (Fsp3) is 1.00. The highest BCUT2D eigenvalue weighted by atomic mass is 32.2. The molecule has 2 fully saturated rings. The molecule has 70 valence electrons. The van der Waals surface area contributed by atoms with E-state index in [4.69, 9.17) is 0 Å². The summed E-state index contributed by atoms with van der Waals surface area (Å²) >= 11 is 2.04.